The van der Waals surface area contributed by atoms with Crippen LogP contribution < -0.4 is 0 Å². The van der Waals surface area contributed by atoms with Gasteiger partial charge in [-0.05, 0) is 64.5 Å². The highest BCUT2D eigenvalue weighted by Crippen LogP contribution is 2.25. The lowest BCUT2D eigenvalue weighted by atomic mass is 9.93. The second-order valence-electron chi connectivity index (χ2n) is 4.91. The Balaban J connectivity index is 2.16. The van der Waals surface area contributed by atoms with Crippen molar-refractivity contribution in [2.45, 2.75) is 12.8 Å². The average molecular weight is 359 g/mol. The fourth-order valence-electron chi connectivity index (χ4n) is 2.20. The summed E-state index contributed by atoms with van der Waals surface area (Å²) < 4.78 is 40.7. The normalized spacial score (nSPS) is 12.4. The van der Waals surface area contributed by atoms with E-state index in [0.29, 0.717) is 6.42 Å². The molecule has 0 fully saturated rings. The van der Waals surface area contributed by atoms with Crippen LogP contribution in [0.15, 0.2) is 40.9 Å². The molecule has 2 rings (SSSR count). The van der Waals surface area contributed by atoms with E-state index >= 15 is 0 Å². The van der Waals surface area contributed by atoms with Crippen molar-refractivity contribution in [1.29, 1.82) is 0 Å². The topological polar surface area (TPSA) is 20.2 Å². The van der Waals surface area contributed by atoms with Gasteiger partial charge in [-0.1, -0.05) is 12.1 Å². The summed E-state index contributed by atoms with van der Waals surface area (Å²) in [6.45, 7) is -0.206. The van der Waals surface area contributed by atoms with Crippen LogP contribution in [-0.2, 0) is 12.8 Å². The lowest BCUT2D eigenvalue weighted by Gasteiger charge is -2.16. The zero-order valence-electron chi connectivity index (χ0n) is 11.1. The number of hydrogen-bond donors (Lipinski definition) is 1. The monoisotopic (exact) mass is 358 g/mol. The summed E-state index contributed by atoms with van der Waals surface area (Å²) in [6, 6.07) is 8.35. The SMILES string of the molecule is OCC(Cc1ccc(F)cc1)Cc1c(F)ccc(Br)c1F. The van der Waals surface area contributed by atoms with E-state index in [1.807, 2.05) is 0 Å². The zero-order valence-corrected chi connectivity index (χ0v) is 12.7. The molecule has 2 aromatic carbocycles. The predicted molar refractivity (Wildman–Crippen MR) is 78.4 cm³/mol. The van der Waals surface area contributed by atoms with Crippen molar-refractivity contribution < 1.29 is 18.3 Å². The highest BCUT2D eigenvalue weighted by Gasteiger charge is 2.18. The molecule has 0 amide bonds. The van der Waals surface area contributed by atoms with Gasteiger partial charge in [0.2, 0.25) is 0 Å². The van der Waals surface area contributed by atoms with Gasteiger partial charge < -0.3 is 5.11 Å². The van der Waals surface area contributed by atoms with Crippen molar-refractivity contribution in [3.8, 4) is 0 Å². The van der Waals surface area contributed by atoms with Crippen LogP contribution in [-0.4, -0.2) is 11.7 Å². The minimum Gasteiger partial charge on any atom is -0.396 e. The highest BCUT2D eigenvalue weighted by atomic mass is 79.9. The Morgan fingerprint density at radius 3 is 2.24 bits per heavy atom. The van der Waals surface area contributed by atoms with Crippen molar-refractivity contribution in [1.82, 2.24) is 0 Å². The van der Waals surface area contributed by atoms with Crippen molar-refractivity contribution >= 4 is 15.9 Å². The van der Waals surface area contributed by atoms with Crippen LogP contribution >= 0.6 is 15.9 Å². The van der Waals surface area contributed by atoms with Gasteiger partial charge >= 0.3 is 0 Å². The summed E-state index contributed by atoms with van der Waals surface area (Å²) in [5.74, 6) is -1.96. The first-order chi connectivity index (χ1) is 10.0. The Morgan fingerprint density at radius 2 is 1.62 bits per heavy atom. The van der Waals surface area contributed by atoms with E-state index < -0.39 is 11.6 Å². The van der Waals surface area contributed by atoms with Gasteiger partial charge in [-0.25, -0.2) is 13.2 Å². The lowest BCUT2D eigenvalue weighted by Crippen LogP contribution is -2.15. The fraction of sp³-hybridized carbons (Fsp3) is 0.250. The molecule has 0 heterocycles. The van der Waals surface area contributed by atoms with Crippen LogP contribution in [0.2, 0.25) is 0 Å². The van der Waals surface area contributed by atoms with E-state index in [1.165, 1.54) is 24.3 Å². The summed E-state index contributed by atoms with van der Waals surface area (Å²) in [5.41, 5.74) is 0.761. The van der Waals surface area contributed by atoms with E-state index in [0.717, 1.165) is 5.56 Å². The summed E-state index contributed by atoms with van der Waals surface area (Å²) in [7, 11) is 0. The number of rotatable bonds is 5. The first-order valence-corrected chi connectivity index (χ1v) is 7.28. The number of hydrogen-bond acceptors (Lipinski definition) is 1. The molecule has 2 aromatic rings. The van der Waals surface area contributed by atoms with E-state index in [2.05, 4.69) is 15.9 Å². The number of halogens is 4. The largest absolute Gasteiger partial charge is 0.396 e. The van der Waals surface area contributed by atoms with Gasteiger partial charge in [0.1, 0.15) is 17.5 Å². The van der Waals surface area contributed by atoms with Crippen LogP contribution in [0.4, 0.5) is 13.2 Å². The molecule has 0 saturated carbocycles. The standard InChI is InChI=1S/C16H14BrF3O/c17-14-5-6-15(19)13(16(14)20)8-11(9-21)7-10-1-3-12(18)4-2-10/h1-6,11,21H,7-9H2. The Labute approximate surface area is 129 Å². The molecule has 1 N–H and O–H groups in total. The minimum absolute atomic E-state index is 0.0504. The maximum Gasteiger partial charge on any atom is 0.143 e. The molecular weight excluding hydrogens is 345 g/mol. The second kappa shape index (κ2) is 7.09. The summed E-state index contributed by atoms with van der Waals surface area (Å²) in [6.07, 6.45) is 0.493. The third kappa shape index (κ3) is 4.08. The molecule has 0 bridgehead atoms. The van der Waals surface area contributed by atoms with Crippen molar-refractivity contribution in [2.24, 2.45) is 5.92 Å². The van der Waals surface area contributed by atoms with Gasteiger partial charge in [0.05, 0.1) is 4.47 Å². The van der Waals surface area contributed by atoms with Crippen LogP contribution in [0.5, 0.6) is 0 Å². The Bertz CT molecular complexity index is 614. The third-order valence-electron chi connectivity index (χ3n) is 3.33. The molecule has 0 spiro atoms. The Hall–Kier alpha value is -1.33. The van der Waals surface area contributed by atoms with Crippen molar-refractivity contribution in [3.05, 3.63) is 69.4 Å². The van der Waals surface area contributed by atoms with Gasteiger partial charge in [0.15, 0.2) is 0 Å². The Kier molecular flexibility index (Phi) is 5.42. The van der Waals surface area contributed by atoms with E-state index in [9.17, 15) is 18.3 Å². The van der Waals surface area contributed by atoms with Gasteiger partial charge in [0.25, 0.3) is 0 Å². The van der Waals surface area contributed by atoms with E-state index in [4.69, 9.17) is 0 Å². The van der Waals surface area contributed by atoms with Gasteiger partial charge in [-0.3, -0.25) is 0 Å². The summed E-state index contributed by atoms with van der Waals surface area (Å²) in [4.78, 5) is 0. The molecule has 0 aliphatic heterocycles. The number of benzene rings is 2. The molecular formula is C16H14BrF3O. The van der Waals surface area contributed by atoms with Crippen LogP contribution in [0.1, 0.15) is 11.1 Å². The maximum absolute atomic E-state index is 13.9. The third-order valence-corrected chi connectivity index (χ3v) is 3.94. The number of aliphatic hydroxyl groups excluding tert-OH is 1. The summed E-state index contributed by atoms with van der Waals surface area (Å²) >= 11 is 3.02. The highest BCUT2D eigenvalue weighted by molar-refractivity contribution is 9.10. The molecule has 0 saturated heterocycles. The zero-order chi connectivity index (χ0) is 15.4. The molecule has 1 nitrogen and oxygen atoms in total. The van der Waals surface area contributed by atoms with Crippen LogP contribution in [0, 0.1) is 23.4 Å². The van der Waals surface area contributed by atoms with E-state index in [1.54, 1.807) is 12.1 Å². The quantitative estimate of drug-likeness (QED) is 0.791. The first-order valence-electron chi connectivity index (χ1n) is 6.49. The number of aliphatic hydroxyl groups is 1. The van der Waals surface area contributed by atoms with Gasteiger partial charge in [-0.2, -0.15) is 0 Å². The van der Waals surface area contributed by atoms with Crippen LogP contribution in [0.3, 0.4) is 0 Å². The molecule has 5 heteroatoms. The molecule has 0 aliphatic rings. The molecule has 0 aliphatic carbocycles. The maximum atomic E-state index is 13.9. The van der Waals surface area contributed by atoms with Crippen molar-refractivity contribution in [3.63, 3.8) is 0 Å². The van der Waals surface area contributed by atoms with E-state index in [-0.39, 0.29) is 34.8 Å². The first kappa shape index (κ1) is 16.0. The smallest absolute Gasteiger partial charge is 0.143 e. The predicted octanol–water partition coefficient (Wildman–Crippen LogP) is 4.26. The van der Waals surface area contributed by atoms with Gasteiger partial charge in [-0.15, -0.1) is 0 Å². The molecule has 112 valence electrons. The van der Waals surface area contributed by atoms with Gasteiger partial charge in [0, 0.05) is 12.2 Å². The molecule has 21 heavy (non-hydrogen) atoms. The second-order valence-corrected chi connectivity index (χ2v) is 5.76. The van der Waals surface area contributed by atoms with Crippen LogP contribution in [0.25, 0.3) is 0 Å². The summed E-state index contributed by atoms with van der Waals surface area (Å²) in [5, 5.41) is 9.42. The average Bonchev–Trinajstić information content (AvgIpc) is 2.48. The minimum atomic E-state index is -0.646. The Morgan fingerprint density at radius 1 is 0.952 bits per heavy atom. The molecule has 0 aromatic heterocycles. The molecule has 1 unspecified atom stereocenters. The fourth-order valence-corrected chi connectivity index (χ4v) is 2.57. The molecule has 0 radical (unpaired) electrons. The van der Waals surface area contributed by atoms with Crippen molar-refractivity contribution in [2.75, 3.05) is 6.61 Å². The lowest BCUT2D eigenvalue weighted by molar-refractivity contribution is 0.223. The molecule has 1 atom stereocenters.